The van der Waals surface area contributed by atoms with Crippen LogP contribution >= 0.6 is 0 Å². The van der Waals surface area contributed by atoms with Crippen LogP contribution < -0.4 is 0 Å². The van der Waals surface area contributed by atoms with Crippen molar-refractivity contribution in [1.82, 2.24) is 0 Å². The maximum absolute atomic E-state index is 9.10. The van der Waals surface area contributed by atoms with E-state index < -0.39 is 0 Å². The quantitative estimate of drug-likeness (QED) is 0.282. The molecule has 0 aliphatic heterocycles. The third kappa shape index (κ3) is 8.93. The van der Waals surface area contributed by atoms with E-state index in [0.717, 1.165) is 12.8 Å². The van der Waals surface area contributed by atoms with Crippen molar-refractivity contribution < 1.29 is 5.11 Å². The minimum Gasteiger partial charge on any atom is -0.512 e. The SMILES string of the molecule is C/C=C/CCC/C=C/C=C(/O)CC. The summed E-state index contributed by atoms with van der Waals surface area (Å²) in [5, 5.41) is 9.10. The molecular weight excluding hydrogens is 160 g/mol. The van der Waals surface area contributed by atoms with Gasteiger partial charge in [0.1, 0.15) is 0 Å². The molecule has 0 aromatic heterocycles. The first-order valence-corrected chi connectivity index (χ1v) is 4.97. The normalized spacial score (nSPS) is 13.2. The number of unbranched alkanes of at least 4 members (excludes halogenated alkanes) is 2. The molecule has 0 amide bonds. The Hall–Kier alpha value is -0.980. The molecule has 0 heterocycles. The van der Waals surface area contributed by atoms with Gasteiger partial charge in [-0.25, -0.2) is 0 Å². The van der Waals surface area contributed by atoms with Gasteiger partial charge in [0, 0.05) is 6.42 Å². The third-order valence-electron chi connectivity index (χ3n) is 1.76. The third-order valence-corrected chi connectivity index (χ3v) is 1.76. The van der Waals surface area contributed by atoms with Crippen molar-refractivity contribution in [3.05, 3.63) is 36.1 Å². The van der Waals surface area contributed by atoms with Crippen molar-refractivity contribution in [1.29, 1.82) is 0 Å². The van der Waals surface area contributed by atoms with Crippen molar-refractivity contribution >= 4 is 0 Å². The summed E-state index contributed by atoms with van der Waals surface area (Å²) in [5.74, 6) is 0.449. The maximum Gasteiger partial charge on any atom is 0.0919 e. The predicted octanol–water partition coefficient (Wildman–Crippen LogP) is 4.14. The summed E-state index contributed by atoms with van der Waals surface area (Å²) in [6, 6.07) is 0. The van der Waals surface area contributed by atoms with Gasteiger partial charge in [0.05, 0.1) is 5.76 Å². The minimum atomic E-state index is 0.449. The molecule has 0 radical (unpaired) electrons. The lowest BCUT2D eigenvalue weighted by molar-refractivity contribution is 0.395. The molecule has 0 fully saturated rings. The second-order valence-corrected chi connectivity index (χ2v) is 2.94. The van der Waals surface area contributed by atoms with E-state index in [0.29, 0.717) is 12.2 Å². The lowest BCUT2D eigenvalue weighted by Crippen LogP contribution is -1.73. The highest BCUT2D eigenvalue weighted by Gasteiger charge is 1.82. The molecule has 1 heteroatoms. The summed E-state index contributed by atoms with van der Waals surface area (Å²) in [6.45, 7) is 3.98. The summed E-state index contributed by atoms with van der Waals surface area (Å²) in [6.07, 6.45) is 14.1. The topological polar surface area (TPSA) is 20.2 Å². The van der Waals surface area contributed by atoms with Crippen LogP contribution in [0.2, 0.25) is 0 Å². The molecule has 0 bridgehead atoms. The largest absolute Gasteiger partial charge is 0.512 e. The average Bonchev–Trinajstić information content (AvgIpc) is 2.16. The van der Waals surface area contributed by atoms with Crippen LogP contribution in [0.25, 0.3) is 0 Å². The average molecular weight is 180 g/mol. The van der Waals surface area contributed by atoms with Gasteiger partial charge in [-0.1, -0.05) is 31.2 Å². The zero-order valence-electron chi connectivity index (χ0n) is 8.66. The second kappa shape index (κ2) is 9.11. The second-order valence-electron chi connectivity index (χ2n) is 2.94. The number of allylic oxidation sites excluding steroid dienone is 6. The van der Waals surface area contributed by atoms with Gasteiger partial charge >= 0.3 is 0 Å². The number of hydrogen-bond donors (Lipinski definition) is 1. The van der Waals surface area contributed by atoms with Crippen LogP contribution in [-0.4, -0.2) is 5.11 Å². The summed E-state index contributed by atoms with van der Waals surface area (Å²) in [7, 11) is 0. The van der Waals surface area contributed by atoms with Gasteiger partial charge in [-0.05, 0) is 32.3 Å². The first kappa shape index (κ1) is 12.0. The Kier molecular flexibility index (Phi) is 8.42. The number of rotatable bonds is 6. The highest BCUT2D eigenvalue weighted by Crippen LogP contribution is 1.99. The van der Waals surface area contributed by atoms with E-state index >= 15 is 0 Å². The van der Waals surface area contributed by atoms with E-state index in [2.05, 4.69) is 18.2 Å². The van der Waals surface area contributed by atoms with Gasteiger partial charge in [0.25, 0.3) is 0 Å². The number of hydrogen-bond acceptors (Lipinski definition) is 1. The van der Waals surface area contributed by atoms with Crippen LogP contribution in [0.5, 0.6) is 0 Å². The van der Waals surface area contributed by atoms with Crippen LogP contribution in [0.3, 0.4) is 0 Å². The Morgan fingerprint density at radius 1 is 1.23 bits per heavy atom. The fourth-order valence-corrected chi connectivity index (χ4v) is 0.913. The number of aliphatic hydroxyl groups is 1. The van der Waals surface area contributed by atoms with E-state index in [4.69, 9.17) is 5.11 Å². The first-order valence-electron chi connectivity index (χ1n) is 4.97. The smallest absolute Gasteiger partial charge is 0.0919 e. The lowest BCUT2D eigenvalue weighted by Gasteiger charge is -1.90. The summed E-state index contributed by atoms with van der Waals surface area (Å²) in [5.41, 5.74) is 0. The monoisotopic (exact) mass is 180 g/mol. The van der Waals surface area contributed by atoms with E-state index in [-0.39, 0.29) is 0 Å². The standard InChI is InChI=1S/C12H20O/c1-3-5-6-7-8-9-10-11-12(13)4-2/h3,5,9-11,13H,4,6-8H2,1-2H3/b5-3+,10-9+,12-11+. The molecule has 0 aliphatic rings. The molecule has 0 rings (SSSR count). The molecule has 1 N–H and O–H groups in total. The van der Waals surface area contributed by atoms with Crippen LogP contribution in [0, 0.1) is 0 Å². The van der Waals surface area contributed by atoms with E-state index in [1.165, 1.54) is 6.42 Å². The first-order chi connectivity index (χ1) is 6.31. The number of aliphatic hydroxyl groups excluding tert-OH is 1. The molecule has 0 spiro atoms. The molecule has 0 saturated carbocycles. The summed E-state index contributed by atoms with van der Waals surface area (Å²) >= 11 is 0. The molecular formula is C12H20O. The Morgan fingerprint density at radius 2 is 1.92 bits per heavy atom. The van der Waals surface area contributed by atoms with Crippen molar-refractivity contribution in [2.24, 2.45) is 0 Å². The van der Waals surface area contributed by atoms with Crippen LogP contribution in [0.15, 0.2) is 36.1 Å². The molecule has 0 unspecified atom stereocenters. The van der Waals surface area contributed by atoms with Crippen molar-refractivity contribution in [2.75, 3.05) is 0 Å². The Morgan fingerprint density at radius 3 is 2.54 bits per heavy atom. The maximum atomic E-state index is 9.10. The minimum absolute atomic E-state index is 0.449. The highest BCUT2D eigenvalue weighted by molar-refractivity contribution is 5.06. The van der Waals surface area contributed by atoms with Gasteiger partial charge < -0.3 is 5.11 Å². The zero-order chi connectivity index (χ0) is 9.94. The fraction of sp³-hybridized carbons (Fsp3) is 0.500. The Bertz CT molecular complexity index is 187. The molecule has 0 aromatic carbocycles. The summed E-state index contributed by atoms with van der Waals surface area (Å²) in [4.78, 5) is 0. The van der Waals surface area contributed by atoms with Gasteiger partial charge in [0.2, 0.25) is 0 Å². The Balaban J connectivity index is 3.42. The van der Waals surface area contributed by atoms with Crippen LogP contribution in [0.1, 0.15) is 39.5 Å². The zero-order valence-corrected chi connectivity index (χ0v) is 8.66. The highest BCUT2D eigenvalue weighted by atomic mass is 16.3. The summed E-state index contributed by atoms with van der Waals surface area (Å²) < 4.78 is 0. The predicted molar refractivity (Wildman–Crippen MR) is 58.8 cm³/mol. The van der Waals surface area contributed by atoms with Gasteiger partial charge in [-0.15, -0.1) is 0 Å². The molecule has 0 saturated heterocycles. The van der Waals surface area contributed by atoms with E-state index in [9.17, 15) is 0 Å². The van der Waals surface area contributed by atoms with Crippen molar-refractivity contribution in [3.63, 3.8) is 0 Å². The fourth-order valence-electron chi connectivity index (χ4n) is 0.913. The molecule has 0 aliphatic carbocycles. The van der Waals surface area contributed by atoms with Crippen molar-refractivity contribution in [2.45, 2.75) is 39.5 Å². The molecule has 13 heavy (non-hydrogen) atoms. The van der Waals surface area contributed by atoms with Gasteiger partial charge in [-0.2, -0.15) is 0 Å². The Labute approximate surface area is 81.5 Å². The molecule has 1 nitrogen and oxygen atoms in total. The lowest BCUT2D eigenvalue weighted by atomic mass is 10.2. The van der Waals surface area contributed by atoms with Crippen molar-refractivity contribution in [3.8, 4) is 0 Å². The van der Waals surface area contributed by atoms with E-state index in [1.54, 1.807) is 6.08 Å². The van der Waals surface area contributed by atoms with Gasteiger partial charge in [0.15, 0.2) is 0 Å². The van der Waals surface area contributed by atoms with Gasteiger partial charge in [-0.3, -0.25) is 0 Å². The molecule has 0 atom stereocenters. The molecule has 74 valence electrons. The van der Waals surface area contributed by atoms with Crippen LogP contribution in [-0.2, 0) is 0 Å². The molecule has 0 aromatic rings. The van der Waals surface area contributed by atoms with E-state index in [1.807, 2.05) is 19.9 Å². The van der Waals surface area contributed by atoms with Crippen LogP contribution in [0.4, 0.5) is 0 Å².